The molecule has 3 heterocycles. The van der Waals surface area contributed by atoms with Crippen LogP contribution in [0.3, 0.4) is 0 Å². The van der Waals surface area contributed by atoms with Gasteiger partial charge in [0.2, 0.25) is 15.9 Å². The van der Waals surface area contributed by atoms with Crippen molar-refractivity contribution in [1.29, 1.82) is 0 Å². The van der Waals surface area contributed by atoms with Crippen LogP contribution in [0.2, 0.25) is 0 Å². The molecule has 28 heavy (non-hydrogen) atoms. The van der Waals surface area contributed by atoms with Crippen LogP contribution in [0.15, 0.2) is 0 Å². The standard InChI is InChI=1S/C17H29N5O4S2/c1-28(25,26)21-16(24)20-17-19-12-6-7-22(9-14(12)27-17)15(23)13-8-10-4-2-3-5-11(10)18-13/h10-14,17-19H,2-9H2,1H3,(H2,20,21,24). The fourth-order valence-electron chi connectivity index (χ4n) is 4.98. The van der Waals surface area contributed by atoms with Crippen LogP contribution in [-0.4, -0.2) is 73.5 Å². The number of nitrogens with one attached hydrogen (secondary N) is 4. The van der Waals surface area contributed by atoms with Crippen LogP contribution < -0.4 is 20.7 Å². The zero-order valence-electron chi connectivity index (χ0n) is 16.0. The van der Waals surface area contributed by atoms with E-state index >= 15 is 0 Å². The number of sulfonamides is 1. The van der Waals surface area contributed by atoms with Gasteiger partial charge < -0.3 is 15.5 Å². The van der Waals surface area contributed by atoms with Gasteiger partial charge >= 0.3 is 6.03 Å². The third-order valence-corrected chi connectivity index (χ3v) is 8.16. The van der Waals surface area contributed by atoms with Crippen LogP contribution in [-0.2, 0) is 14.8 Å². The van der Waals surface area contributed by atoms with E-state index in [1.807, 2.05) is 9.62 Å². The first-order valence-corrected chi connectivity index (χ1v) is 12.9. The average molecular weight is 432 g/mol. The van der Waals surface area contributed by atoms with E-state index in [1.54, 1.807) is 11.8 Å². The van der Waals surface area contributed by atoms with Crippen molar-refractivity contribution in [3.8, 4) is 0 Å². The van der Waals surface area contributed by atoms with E-state index in [0.717, 1.165) is 19.1 Å². The Morgan fingerprint density at radius 2 is 1.89 bits per heavy atom. The molecule has 158 valence electrons. The number of likely N-dealkylation sites (tertiary alicyclic amines) is 1. The molecule has 1 saturated carbocycles. The van der Waals surface area contributed by atoms with Gasteiger partial charge in [0.15, 0.2) is 0 Å². The summed E-state index contributed by atoms with van der Waals surface area (Å²) < 4.78 is 24.2. The van der Waals surface area contributed by atoms with Gasteiger partial charge in [0.05, 0.1) is 12.3 Å². The van der Waals surface area contributed by atoms with E-state index in [-0.39, 0.29) is 28.7 Å². The highest BCUT2D eigenvalue weighted by Gasteiger charge is 2.44. The predicted molar refractivity (Wildman–Crippen MR) is 107 cm³/mol. The number of hydrogen-bond acceptors (Lipinski definition) is 7. The lowest BCUT2D eigenvalue weighted by atomic mass is 9.85. The average Bonchev–Trinajstić information content (AvgIpc) is 3.21. The minimum Gasteiger partial charge on any atom is -0.340 e. The molecule has 3 amide bonds. The normalized spacial score (nSPS) is 37.8. The van der Waals surface area contributed by atoms with E-state index in [0.29, 0.717) is 25.0 Å². The number of carbonyl (C=O) groups is 2. The molecule has 9 nitrogen and oxygen atoms in total. The fourth-order valence-corrected chi connectivity index (χ4v) is 6.82. The Labute approximate surface area is 170 Å². The number of urea groups is 1. The van der Waals surface area contributed by atoms with E-state index in [1.165, 1.54) is 25.7 Å². The van der Waals surface area contributed by atoms with Crippen molar-refractivity contribution in [3.05, 3.63) is 0 Å². The summed E-state index contributed by atoms with van der Waals surface area (Å²) in [4.78, 5) is 26.8. The van der Waals surface area contributed by atoms with Gasteiger partial charge in [-0.2, -0.15) is 0 Å². The minimum absolute atomic E-state index is 0.0570. The zero-order valence-corrected chi connectivity index (χ0v) is 17.7. The predicted octanol–water partition coefficient (Wildman–Crippen LogP) is -0.245. The molecule has 0 spiro atoms. The lowest BCUT2D eigenvalue weighted by molar-refractivity contribution is -0.134. The molecule has 4 rings (SSSR count). The Hall–Kier alpha value is -1.04. The number of rotatable bonds is 3. The lowest BCUT2D eigenvalue weighted by Crippen LogP contribution is -2.54. The molecule has 0 aromatic heterocycles. The van der Waals surface area contributed by atoms with Crippen molar-refractivity contribution in [2.45, 2.75) is 67.4 Å². The quantitative estimate of drug-likeness (QED) is 0.487. The fraction of sp³-hybridized carbons (Fsp3) is 0.882. The minimum atomic E-state index is -3.59. The Bertz CT molecular complexity index is 719. The number of nitrogens with zero attached hydrogens (tertiary/aromatic N) is 1. The largest absolute Gasteiger partial charge is 0.340 e. The lowest BCUT2D eigenvalue weighted by Gasteiger charge is -2.35. The van der Waals surface area contributed by atoms with E-state index in [4.69, 9.17) is 0 Å². The summed E-state index contributed by atoms with van der Waals surface area (Å²) in [6.07, 6.45) is 7.67. The van der Waals surface area contributed by atoms with Crippen LogP contribution in [0.1, 0.15) is 38.5 Å². The summed E-state index contributed by atoms with van der Waals surface area (Å²) in [6, 6.07) is -0.0864. The SMILES string of the molecule is CS(=O)(=O)NC(=O)NC1NC2CCN(C(=O)C3CC4CCCCC4N3)CC2S1. The molecule has 0 radical (unpaired) electrons. The second kappa shape index (κ2) is 8.00. The Balaban J connectivity index is 1.29. The Morgan fingerprint density at radius 1 is 1.11 bits per heavy atom. The molecule has 0 aromatic rings. The van der Waals surface area contributed by atoms with Gasteiger partial charge in [0.25, 0.3) is 0 Å². The molecule has 3 aliphatic heterocycles. The van der Waals surface area contributed by atoms with E-state index in [9.17, 15) is 18.0 Å². The van der Waals surface area contributed by atoms with Crippen LogP contribution in [0.25, 0.3) is 0 Å². The summed E-state index contributed by atoms with van der Waals surface area (Å²) in [5.41, 5.74) is -0.362. The van der Waals surface area contributed by atoms with Crippen molar-refractivity contribution in [2.75, 3.05) is 19.3 Å². The van der Waals surface area contributed by atoms with Gasteiger partial charge in [0, 0.05) is 30.4 Å². The summed E-state index contributed by atoms with van der Waals surface area (Å²) in [7, 11) is -3.59. The van der Waals surface area contributed by atoms with E-state index < -0.39 is 16.1 Å². The molecule has 0 bridgehead atoms. The highest BCUT2D eigenvalue weighted by molar-refractivity contribution is 8.00. The maximum atomic E-state index is 13.0. The molecule has 4 N–H and O–H groups in total. The summed E-state index contributed by atoms with van der Waals surface area (Å²) in [5, 5.41) is 9.71. The third-order valence-electron chi connectivity index (χ3n) is 6.25. The third kappa shape index (κ3) is 4.58. The van der Waals surface area contributed by atoms with Crippen LogP contribution in [0.4, 0.5) is 4.79 Å². The molecule has 11 heteroatoms. The number of amides is 3. The highest BCUT2D eigenvalue weighted by atomic mass is 32.2. The van der Waals surface area contributed by atoms with Gasteiger partial charge in [-0.05, 0) is 31.6 Å². The molecule has 1 aliphatic carbocycles. The Morgan fingerprint density at radius 3 is 2.64 bits per heavy atom. The number of fused-ring (bicyclic) bond motifs is 2. The molecular weight excluding hydrogens is 402 g/mol. The topological polar surface area (TPSA) is 120 Å². The molecule has 3 saturated heterocycles. The Kier molecular flexibility index (Phi) is 5.78. The highest BCUT2D eigenvalue weighted by Crippen LogP contribution is 2.35. The van der Waals surface area contributed by atoms with Gasteiger partial charge in [-0.15, -0.1) is 11.8 Å². The van der Waals surface area contributed by atoms with Gasteiger partial charge in [0.1, 0.15) is 5.50 Å². The number of thioether (sulfide) groups is 1. The van der Waals surface area contributed by atoms with Crippen molar-refractivity contribution in [1.82, 2.24) is 25.6 Å². The summed E-state index contributed by atoms with van der Waals surface area (Å²) in [5.74, 6) is 0.851. The second-order valence-electron chi connectivity index (χ2n) is 8.35. The van der Waals surface area contributed by atoms with Crippen LogP contribution in [0.5, 0.6) is 0 Å². The monoisotopic (exact) mass is 431 g/mol. The molecule has 6 unspecified atom stereocenters. The summed E-state index contributed by atoms with van der Waals surface area (Å²) in [6.45, 7) is 1.36. The first-order chi connectivity index (χ1) is 13.3. The number of piperidine rings is 1. The second-order valence-corrected chi connectivity index (χ2v) is 11.5. The maximum Gasteiger partial charge on any atom is 0.330 e. The molecule has 4 aliphatic rings. The first-order valence-electron chi connectivity index (χ1n) is 10.0. The molecular formula is C17H29N5O4S2. The van der Waals surface area contributed by atoms with Gasteiger partial charge in [-0.25, -0.2) is 17.9 Å². The van der Waals surface area contributed by atoms with Gasteiger partial charge in [-0.1, -0.05) is 12.8 Å². The van der Waals surface area contributed by atoms with E-state index in [2.05, 4.69) is 16.0 Å². The van der Waals surface area contributed by atoms with Crippen LogP contribution in [0, 0.1) is 5.92 Å². The van der Waals surface area contributed by atoms with Crippen molar-refractivity contribution >= 4 is 33.7 Å². The van der Waals surface area contributed by atoms with Crippen molar-refractivity contribution in [3.63, 3.8) is 0 Å². The molecule has 0 aromatic carbocycles. The molecule has 4 fully saturated rings. The zero-order chi connectivity index (χ0) is 19.9. The number of hydrogen-bond donors (Lipinski definition) is 4. The van der Waals surface area contributed by atoms with Crippen molar-refractivity contribution < 1.29 is 18.0 Å². The number of carbonyl (C=O) groups excluding carboxylic acids is 2. The smallest absolute Gasteiger partial charge is 0.330 e. The van der Waals surface area contributed by atoms with Crippen molar-refractivity contribution in [2.24, 2.45) is 5.92 Å². The maximum absolute atomic E-state index is 13.0. The van der Waals surface area contributed by atoms with Gasteiger partial charge in [-0.3, -0.25) is 10.1 Å². The first kappa shape index (κ1) is 20.2. The molecule has 6 atom stereocenters. The summed E-state index contributed by atoms with van der Waals surface area (Å²) >= 11 is 1.54. The van der Waals surface area contributed by atoms with Crippen LogP contribution >= 0.6 is 11.8 Å².